The summed E-state index contributed by atoms with van der Waals surface area (Å²) in [5, 5.41) is 3.48. The minimum atomic E-state index is 0.0630. The van der Waals surface area contributed by atoms with Crippen LogP contribution in [0.1, 0.15) is 39.6 Å². The highest BCUT2D eigenvalue weighted by Gasteiger charge is 2.34. The number of aromatic nitrogens is 2. The lowest BCUT2D eigenvalue weighted by Gasteiger charge is -2.36. The van der Waals surface area contributed by atoms with Gasteiger partial charge in [0.05, 0.1) is 12.1 Å². The highest BCUT2D eigenvalue weighted by atomic mass is 16.5. The van der Waals surface area contributed by atoms with E-state index >= 15 is 0 Å². The van der Waals surface area contributed by atoms with Crippen LogP contribution >= 0.6 is 0 Å². The fourth-order valence-electron chi connectivity index (χ4n) is 2.22. The van der Waals surface area contributed by atoms with Gasteiger partial charge in [-0.3, -0.25) is 0 Å². The van der Waals surface area contributed by atoms with Crippen LogP contribution in [0.2, 0.25) is 0 Å². The van der Waals surface area contributed by atoms with E-state index in [1.165, 1.54) is 0 Å². The van der Waals surface area contributed by atoms with E-state index in [0.717, 1.165) is 12.4 Å². The number of nitrogens with one attached hydrogen (secondary N) is 1. The van der Waals surface area contributed by atoms with Crippen LogP contribution in [-0.4, -0.2) is 29.3 Å². The van der Waals surface area contributed by atoms with Crippen molar-refractivity contribution in [2.45, 2.75) is 39.8 Å². The lowest BCUT2D eigenvalue weighted by Crippen LogP contribution is -2.42. The molecule has 0 aliphatic rings. The largest absolute Gasteiger partial charge is 0.379 e. The third-order valence-corrected chi connectivity index (χ3v) is 2.97. The maximum atomic E-state index is 5.69. The van der Waals surface area contributed by atoms with E-state index in [4.69, 9.17) is 4.74 Å². The molecule has 0 amide bonds. The number of hydrogen-bond donors (Lipinski definition) is 1. The molecule has 0 radical (unpaired) electrons. The van der Waals surface area contributed by atoms with Crippen molar-refractivity contribution in [1.29, 1.82) is 0 Å². The van der Waals surface area contributed by atoms with Gasteiger partial charge in [-0.25, -0.2) is 4.98 Å². The third kappa shape index (κ3) is 3.30. The first kappa shape index (κ1) is 14.2. The fraction of sp³-hybridized carbons (Fsp3) is 0.769. The minimum Gasteiger partial charge on any atom is -0.379 e. The molecular formula is C13H25N3O. The fourth-order valence-corrected chi connectivity index (χ4v) is 2.22. The van der Waals surface area contributed by atoms with Gasteiger partial charge in [-0.2, -0.15) is 0 Å². The van der Waals surface area contributed by atoms with Crippen molar-refractivity contribution in [3.8, 4) is 0 Å². The van der Waals surface area contributed by atoms with Crippen LogP contribution in [0.4, 0.5) is 0 Å². The predicted octanol–water partition coefficient (Wildman–Crippen LogP) is 2.13. The van der Waals surface area contributed by atoms with Crippen LogP contribution in [0, 0.1) is 5.41 Å². The van der Waals surface area contributed by atoms with Crippen molar-refractivity contribution >= 4 is 0 Å². The summed E-state index contributed by atoms with van der Waals surface area (Å²) < 4.78 is 7.74. The second-order valence-corrected chi connectivity index (χ2v) is 5.45. The highest BCUT2D eigenvalue weighted by Crippen LogP contribution is 2.31. The van der Waals surface area contributed by atoms with Gasteiger partial charge in [0.1, 0.15) is 5.82 Å². The van der Waals surface area contributed by atoms with E-state index in [1.807, 2.05) is 24.0 Å². The van der Waals surface area contributed by atoms with Crippen LogP contribution in [0.3, 0.4) is 0 Å². The van der Waals surface area contributed by atoms with Crippen molar-refractivity contribution in [2.24, 2.45) is 12.5 Å². The quantitative estimate of drug-likeness (QED) is 0.855. The summed E-state index contributed by atoms with van der Waals surface area (Å²) >= 11 is 0. The first-order valence-corrected chi connectivity index (χ1v) is 6.15. The third-order valence-electron chi connectivity index (χ3n) is 2.97. The van der Waals surface area contributed by atoms with E-state index in [0.29, 0.717) is 0 Å². The number of ether oxygens (including phenoxy) is 1. The molecule has 2 atom stereocenters. The van der Waals surface area contributed by atoms with Crippen LogP contribution in [0.25, 0.3) is 0 Å². The normalized spacial score (nSPS) is 15.9. The van der Waals surface area contributed by atoms with Gasteiger partial charge in [-0.05, 0) is 12.0 Å². The number of aryl methyl sites for hydroxylation is 1. The molecule has 0 aliphatic carbocycles. The minimum absolute atomic E-state index is 0.0630. The van der Waals surface area contributed by atoms with Gasteiger partial charge >= 0.3 is 0 Å². The maximum Gasteiger partial charge on any atom is 0.128 e. The van der Waals surface area contributed by atoms with Crippen LogP contribution in [0.15, 0.2) is 12.4 Å². The average Bonchev–Trinajstić information content (AvgIpc) is 2.62. The molecule has 0 saturated carbocycles. The zero-order valence-electron chi connectivity index (χ0n) is 11.8. The first-order chi connectivity index (χ1) is 7.91. The van der Waals surface area contributed by atoms with E-state index in [-0.39, 0.29) is 17.6 Å². The summed E-state index contributed by atoms with van der Waals surface area (Å²) in [7, 11) is 3.78. The van der Waals surface area contributed by atoms with Crippen LogP contribution in [-0.2, 0) is 11.8 Å². The summed E-state index contributed by atoms with van der Waals surface area (Å²) in [5.74, 6) is 1.02. The van der Waals surface area contributed by atoms with Crippen molar-refractivity contribution < 1.29 is 4.74 Å². The Kier molecular flexibility index (Phi) is 4.71. The van der Waals surface area contributed by atoms with Crippen molar-refractivity contribution in [3.63, 3.8) is 0 Å². The lowest BCUT2D eigenvalue weighted by molar-refractivity contribution is -0.0143. The lowest BCUT2D eigenvalue weighted by atomic mass is 9.84. The van der Waals surface area contributed by atoms with Crippen LogP contribution in [0.5, 0.6) is 0 Å². The maximum absolute atomic E-state index is 5.69. The van der Waals surface area contributed by atoms with Crippen molar-refractivity contribution in [3.05, 3.63) is 18.2 Å². The zero-order chi connectivity index (χ0) is 13.1. The van der Waals surface area contributed by atoms with Gasteiger partial charge in [0.15, 0.2) is 0 Å². The Hall–Kier alpha value is -0.870. The number of rotatable bonds is 5. The predicted molar refractivity (Wildman–Crippen MR) is 69.9 cm³/mol. The molecule has 4 nitrogen and oxygen atoms in total. The van der Waals surface area contributed by atoms with E-state index in [1.54, 1.807) is 7.11 Å². The molecule has 0 saturated heterocycles. The molecule has 98 valence electrons. The molecule has 1 aromatic heterocycles. The smallest absolute Gasteiger partial charge is 0.128 e. The van der Waals surface area contributed by atoms with E-state index in [9.17, 15) is 0 Å². The Bertz CT molecular complexity index is 341. The number of hydrogen-bond acceptors (Lipinski definition) is 3. The van der Waals surface area contributed by atoms with E-state index < -0.39 is 0 Å². The average molecular weight is 239 g/mol. The molecule has 0 aromatic carbocycles. The molecule has 0 spiro atoms. The van der Waals surface area contributed by atoms with Gasteiger partial charge < -0.3 is 14.6 Å². The Balaban J connectivity index is 3.04. The highest BCUT2D eigenvalue weighted by molar-refractivity contribution is 5.04. The van der Waals surface area contributed by atoms with Crippen molar-refractivity contribution in [1.82, 2.24) is 14.9 Å². The van der Waals surface area contributed by atoms with Gasteiger partial charge in [0.2, 0.25) is 0 Å². The van der Waals surface area contributed by atoms with Gasteiger partial charge in [-0.15, -0.1) is 0 Å². The zero-order valence-corrected chi connectivity index (χ0v) is 11.8. The first-order valence-electron chi connectivity index (χ1n) is 6.15. The Morgan fingerprint density at radius 3 is 2.47 bits per heavy atom. The monoisotopic (exact) mass is 239 g/mol. The number of imidazole rings is 1. The summed E-state index contributed by atoms with van der Waals surface area (Å²) in [4.78, 5) is 4.44. The van der Waals surface area contributed by atoms with Crippen LogP contribution < -0.4 is 5.32 Å². The Morgan fingerprint density at radius 1 is 1.47 bits per heavy atom. The Morgan fingerprint density at radius 2 is 2.12 bits per heavy atom. The molecule has 17 heavy (non-hydrogen) atoms. The SMILES string of the molecule is CCNC(c1nccn1C)C(OC)C(C)(C)C. The van der Waals surface area contributed by atoms with Gasteiger partial charge in [-0.1, -0.05) is 27.7 Å². The molecule has 1 heterocycles. The standard InChI is InChI=1S/C13H25N3O/c1-7-14-10(11(17-6)13(2,3)4)12-15-8-9-16(12)5/h8-11,14H,7H2,1-6H3. The number of likely N-dealkylation sites (N-methyl/N-ethyl adjacent to an activating group) is 1. The van der Waals surface area contributed by atoms with Gasteiger partial charge in [0.25, 0.3) is 0 Å². The molecule has 4 heteroatoms. The summed E-state index contributed by atoms with van der Waals surface area (Å²) in [6.45, 7) is 9.57. The summed E-state index contributed by atoms with van der Waals surface area (Å²) in [5.41, 5.74) is 0.0630. The molecular weight excluding hydrogens is 214 g/mol. The topological polar surface area (TPSA) is 39.1 Å². The molecule has 1 rings (SSSR count). The second kappa shape index (κ2) is 5.65. The number of nitrogens with zero attached hydrogens (tertiary/aromatic N) is 2. The Labute approximate surface area is 104 Å². The molecule has 0 fully saturated rings. The number of methoxy groups -OCH3 is 1. The second-order valence-electron chi connectivity index (χ2n) is 5.45. The van der Waals surface area contributed by atoms with E-state index in [2.05, 4.69) is 38.0 Å². The molecule has 1 N–H and O–H groups in total. The molecule has 0 bridgehead atoms. The molecule has 1 aromatic rings. The molecule has 2 unspecified atom stereocenters. The summed E-state index contributed by atoms with van der Waals surface area (Å²) in [6.07, 6.45) is 3.88. The molecule has 0 aliphatic heterocycles. The van der Waals surface area contributed by atoms with Gasteiger partial charge in [0, 0.05) is 26.6 Å². The summed E-state index contributed by atoms with van der Waals surface area (Å²) in [6, 6.07) is 0.116. The van der Waals surface area contributed by atoms with Crippen molar-refractivity contribution in [2.75, 3.05) is 13.7 Å².